The van der Waals surface area contributed by atoms with Crippen LogP contribution in [0.25, 0.3) is 0 Å². The molecule has 0 heterocycles. The van der Waals surface area contributed by atoms with Gasteiger partial charge in [0.05, 0.1) is 11.5 Å². The van der Waals surface area contributed by atoms with E-state index in [4.69, 9.17) is 0 Å². The van der Waals surface area contributed by atoms with Crippen LogP contribution in [0.4, 0.5) is 11.4 Å². The summed E-state index contributed by atoms with van der Waals surface area (Å²) in [6, 6.07) is 16.3. The van der Waals surface area contributed by atoms with Gasteiger partial charge < -0.3 is 10.0 Å². The van der Waals surface area contributed by atoms with Gasteiger partial charge in [-0.05, 0) is 11.6 Å². The number of benzene rings is 2. The number of rotatable bonds is 6. The standard InChI is InChI=1S/C15H16N2O3/c18-10-9-16(12-13-5-2-1-3-6-13)14-7-4-8-15(11-14)17(19)20/h1-8,11,18H,9-10,12H2. The third kappa shape index (κ3) is 3.55. The molecule has 0 atom stereocenters. The highest BCUT2D eigenvalue weighted by Gasteiger charge is 2.11. The van der Waals surface area contributed by atoms with Crippen molar-refractivity contribution in [3.8, 4) is 0 Å². The number of hydrogen-bond acceptors (Lipinski definition) is 4. The first-order chi connectivity index (χ1) is 9.70. The van der Waals surface area contributed by atoms with Crippen molar-refractivity contribution in [1.82, 2.24) is 0 Å². The molecule has 0 amide bonds. The first kappa shape index (κ1) is 14.0. The number of aliphatic hydroxyl groups is 1. The van der Waals surface area contributed by atoms with Crippen molar-refractivity contribution < 1.29 is 10.0 Å². The zero-order valence-electron chi connectivity index (χ0n) is 11.0. The number of non-ortho nitro benzene ring substituents is 1. The van der Waals surface area contributed by atoms with Gasteiger partial charge in [0.25, 0.3) is 5.69 Å². The molecule has 5 heteroatoms. The number of nitro groups is 1. The molecular weight excluding hydrogens is 256 g/mol. The minimum absolute atomic E-state index is 0.00444. The molecule has 0 saturated heterocycles. The fourth-order valence-electron chi connectivity index (χ4n) is 2.03. The molecule has 0 aliphatic carbocycles. The minimum Gasteiger partial charge on any atom is -0.395 e. The third-order valence-corrected chi connectivity index (χ3v) is 2.99. The van der Waals surface area contributed by atoms with Gasteiger partial charge in [0.1, 0.15) is 0 Å². The summed E-state index contributed by atoms with van der Waals surface area (Å²) in [4.78, 5) is 12.3. The molecule has 0 aliphatic heterocycles. The van der Waals surface area contributed by atoms with Crippen molar-refractivity contribution in [2.24, 2.45) is 0 Å². The van der Waals surface area contributed by atoms with E-state index >= 15 is 0 Å². The predicted octanol–water partition coefficient (Wildman–Crippen LogP) is 2.59. The summed E-state index contributed by atoms with van der Waals surface area (Å²) in [5.41, 5.74) is 1.88. The highest BCUT2D eigenvalue weighted by molar-refractivity contribution is 5.53. The number of nitrogens with zero attached hydrogens (tertiary/aromatic N) is 2. The molecule has 0 fully saturated rings. The van der Waals surface area contributed by atoms with Gasteiger partial charge >= 0.3 is 0 Å². The maximum Gasteiger partial charge on any atom is 0.271 e. The van der Waals surface area contributed by atoms with Crippen LogP contribution in [0.5, 0.6) is 0 Å². The Hall–Kier alpha value is -2.40. The van der Waals surface area contributed by atoms with Crippen LogP contribution in [0.15, 0.2) is 54.6 Å². The molecule has 2 aromatic rings. The normalized spacial score (nSPS) is 10.2. The average molecular weight is 272 g/mol. The summed E-state index contributed by atoms with van der Waals surface area (Å²) in [6.45, 7) is 1.02. The van der Waals surface area contributed by atoms with Crippen LogP contribution < -0.4 is 4.90 Å². The molecule has 5 nitrogen and oxygen atoms in total. The van der Waals surface area contributed by atoms with Gasteiger partial charge in [-0.1, -0.05) is 36.4 Å². The van der Waals surface area contributed by atoms with Crippen LogP contribution >= 0.6 is 0 Å². The van der Waals surface area contributed by atoms with Gasteiger partial charge in [-0.2, -0.15) is 0 Å². The van der Waals surface area contributed by atoms with Crippen LogP contribution in [0.2, 0.25) is 0 Å². The Morgan fingerprint density at radius 2 is 1.85 bits per heavy atom. The number of hydrogen-bond donors (Lipinski definition) is 1. The molecule has 0 aromatic heterocycles. The molecule has 20 heavy (non-hydrogen) atoms. The summed E-state index contributed by atoms with van der Waals surface area (Å²) < 4.78 is 0. The minimum atomic E-state index is -0.414. The fourth-order valence-corrected chi connectivity index (χ4v) is 2.03. The lowest BCUT2D eigenvalue weighted by atomic mass is 10.2. The summed E-state index contributed by atoms with van der Waals surface area (Å²) in [5.74, 6) is 0. The number of nitro benzene ring substituents is 1. The van der Waals surface area contributed by atoms with E-state index in [0.29, 0.717) is 13.1 Å². The molecule has 0 spiro atoms. The lowest BCUT2D eigenvalue weighted by Crippen LogP contribution is -2.26. The van der Waals surface area contributed by atoms with Crippen LogP contribution in [0, 0.1) is 10.1 Å². The SMILES string of the molecule is O=[N+]([O-])c1cccc(N(CCO)Cc2ccccc2)c1. The second-order valence-corrected chi connectivity index (χ2v) is 4.41. The molecule has 2 rings (SSSR count). The topological polar surface area (TPSA) is 66.6 Å². The summed E-state index contributed by atoms with van der Waals surface area (Å²) >= 11 is 0. The Kier molecular flexibility index (Phi) is 4.68. The molecule has 0 radical (unpaired) electrons. The van der Waals surface area contributed by atoms with Crippen molar-refractivity contribution in [3.63, 3.8) is 0 Å². The molecule has 104 valence electrons. The lowest BCUT2D eigenvalue weighted by Gasteiger charge is -2.23. The molecular formula is C15H16N2O3. The van der Waals surface area contributed by atoms with Gasteiger partial charge in [-0.25, -0.2) is 0 Å². The van der Waals surface area contributed by atoms with E-state index in [0.717, 1.165) is 11.3 Å². The summed E-state index contributed by atoms with van der Waals surface area (Å²) in [7, 11) is 0. The van der Waals surface area contributed by atoms with E-state index in [1.165, 1.54) is 12.1 Å². The van der Waals surface area contributed by atoms with Gasteiger partial charge in [-0.3, -0.25) is 10.1 Å². The van der Waals surface area contributed by atoms with Crippen molar-refractivity contribution in [2.45, 2.75) is 6.54 Å². The van der Waals surface area contributed by atoms with E-state index in [9.17, 15) is 15.2 Å². The smallest absolute Gasteiger partial charge is 0.271 e. The largest absolute Gasteiger partial charge is 0.395 e. The first-order valence-electron chi connectivity index (χ1n) is 6.35. The average Bonchev–Trinajstić information content (AvgIpc) is 2.48. The molecule has 0 saturated carbocycles. The van der Waals surface area contributed by atoms with Crippen LogP contribution in [0.3, 0.4) is 0 Å². The van der Waals surface area contributed by atoms with E-state index < -0.39 is 4.92 Å². The zero-order chi connectivity index (χ0) is 14.4. The Morgan fingerprint density at radius 1 is 1.10 bits per heavy atom. The third-order valence-electron chi connectivity index (χ3n) is 2.99. The zero-order valence-corrected chi connectivity index (χ0v) is 11.0. The summed E-state index contributed by atoms with van der Waals surface area (Å²) in [6.07, 6.45) is 0. The Bertz CT molecular complexity index is 572. The van der Waals surface area contributed by atoms with Crippen LogP contribution in [-0.2, 0) is 6.54 Å². The van der Waals surface area contributed by atoms with Gasteiger partial charge in [0.2, 0.25) is 0 Å². The number of anilines is 1. The highest BCUT2D eigenvalue weighted by Crippen LogP contribution is 2.22. The quantitative estimate of drug-likeness (QED) is 0.648. The molecule has 0 bridgehead atoms. The molecule has 0 aliphatic rings. The van der Waals surface area contributed by atoms with Gasteiger partial charge in [0, 0.05) is 30.9 Å². The van der Waals surface area contributed by atoms with E-state index in [1.54, 1.807) is 6.07 Å². The summed E-state index contributed by atoms with van der Waals surface area (Å²) in [5, 5.41) is 20.0. The van der Waals surface area contributed by atoms with Crippen molar-refractivity contribution in [1.29, 1.82) is 0 Å². The van der Waals surface area contributed by atoms with Gasteiger partial charge in [0.15, 0.2) is 0 Å². The van der Waals surface area contributed by atoms with E-state index in [2.05, 4.69) is 0 Å². The molecule has 2 aromatic carbocycles. The van der Waals surface area contributed by atoms with Crippen LogP contribution in [-0.4, -0.2) is 23.2 Å². The highest BCUT2D eigenvalue weighted by atomic mass is 16.6. The second-order valence-electron chi connectivity index (χ2n) is 4.41. The molecule has 1 N–H and O–H groups in total. The van der Waals surface area contributed by atoms with E-state index in [-0.39, 0.29) is 12.3 Å². The van der Waals surface area contributed by atoms with Crippen molar-refractivity contribution in [2.75, 3.05) is 18.1 Å². The Labute approximate surface area is 117 Å². The Morgan fingerprint density at radius 3 is 2.50 bits per heavy atom. The lowest BCUT2D eigenvalue weighted by molar-refractivity contribution is -0.384. The fraction of sp³-hybridized carbons (Fsp3) is 0.200. The van der Waals surface area contributed by atoms with Crippen molar-refractivity contribution >= 4 is 11.4 Å². The monoisotopic (exact) mass is 272 g/mol. The van der Waals surface area contributed by atoms with Crippen molar-refractivity contribution in [3.05, 3.63) is 70.3 Å². The second kappa shape index (κ2) is 6.68. The van der Waals surface area contributed by atoms with E-state index in [1.807, 2.05) is 41.3 Å². The molecule has 0 unspecified atom stereocenters. The maximum atomic E-state index is 10.8. The maximum absolute atomic E-state index is 10.8. The first-order valence-corrected chi connectivity index (χ1v) is 6.35. The van der Waals surface area contributed by atoms with Gasteiger partial charge in [-0.15, -0.1) is 0 Å². The number of aliphatic hydroxyl groups excluding tert-OH is 1. The predicted molar refractivity (Wildman–Crippen MR) is 77.7 cm³/mol. The Balaban J connectivity index is 2.24. The van der Waals surface area contributed by atoms with Crippen LogP contribution in [0.1, 0.15) is 5.56 Å².